The summed E-state index contributed by atoms with van der Waals surface area (Å²) in [6.45, 7) is 0. The second kappa shape index (κ2) is 12.8. The van der Waals surface area contributed by atoms with Crippen LogP contribution in [-0.2, 0) is 24.9 Å². The number of hydrogen-bond donors (Lipinski definition) is 1. The maximum Gasteiger partial charge on any atom is 0.342 e. The van der Waals surface area contributed by atoms with E-state index >= 15 is 0 Å². The van der Waals surface area contributed by atoms with Crippen molar-refractivity contribution in [1.82, 2.24) is 4.98 Å². The van der Waals surface area contributed by atoms with Crippen LogP contribution < -0.4 is 10.6 Å². The second-order valence-electron chi connectivity index (χ2n) is 6.27. The van der Waals surface area contributed by atoms with E-state index in [0.29, 0.717) is 0 Å². The van der Waals surface area contributed by atoms with Gasteiger partial charge in [0.2, 0.25) is 0 Å². The fraction of sp³-hybridized carbons (Fsp3) is 0.0400. The van der Waals surface area contributed by atoms with Crippen LogP contribution in [0.2, 0.25) is 0 Å². The zero-order valence-electron chi connectivity index (χ0n) is 16.2. The molecule has 5 heteroatoms. The van der Waals surface area contributed by atoms with Crippen molar-refractivity contribution in [3.8, 4) is 11.3 Å². The quantitative estimate of drug-likeness (QED) is 0.275. The van der Waals surface area contributed by atoms with Crippen molar-refractivity contribution in [2.75, 3.05) is 6.16 Å². The molecule has 153 valence electrons. The molecule has 0 amide bonds. The molecule has 0 aliphatic heterocycles. The van der Waals surface area contributed by atoms with E-state index in [-0.39, 0.29) is 26.3 Å². The van der Waals surface area contributed by atoms with E-state index in [2.05, 4.69) is 11.1 Å². The Bertz CT molecular complexity index is 923. The minimum absolute atomic E-state index is 0. The Morgan fingerprint density at radius 3 is 1.83 bits per heavy atom. The van der Waals surface area contributed by atoms with Crippen LogP contribution in [0.1, 0.15) is 0 Å². The van der Waals surface area contributed by atoms with Crippen LogP contribution in [0.4, 0.5) is 0 Å². The summed E-state index contributed by atoms with van der Waals surface area (Å²) in [6, 6.07) is 36.6. The van der Waals surface area contributed by atoms with Crippen molar-refractivity contribution in [2.24, 2.45) is 0 Å². The van der Waals surface area contributed by atoms with Crippen LogP contribution in [0, 0.1) is 6.07 Å². The monoisotopic (exact) mass is 592 g/mol. The van der Waals surface area contributed by atoms with Crippen molar-refractivity contribution in [1.29, 1.82) is 0 Å². The number of aromatic nitrogens is 1. The molecule has 1 radical (unpaired) electrons. The average Bonchev–Trinajstić information content (AvgIpc) is 2.80. The summed E-state index contributed by atoms with van der Waals surface area (Å²) in [5.74, 6) is -0.730. The number of hydrogen-bond acceptors (Lipinski definition) is 2. The first-order valence-electron chi connectivity index (χ1n) is 9.30. The molecule has 0 saturated heterocycles. The van der Waals surface area contributed by atoms with Gasteiger partial charge >= 0.3 is 5.97 Å². The van der Waals surface area contributed by atoms with Crippen LogP contribution in [-0.4, -0.2) is 22.2 Å². The molecule has 0 aliphatic rings. The van der Waals surface area contributed by atoms with E-state index in [0.717, 1.165) is 21.9 Å². The van der Waals surface area contributed by atoms with Gasteiger partial charge in [-0.1, -0.05) is 48.5 Å². The molecule has 0 atom stereocenters. The average molecular weight is 592 g/mol. The van der Waals surface area contributed by atoms with Gasteiger partial charge in [0, 0.05) is 26.3 Å². The van der Waals surface area contributed by atoms with Gasteiger partial charge in [-0.25, -0.2) is 4.79 Å². The van der Waals surface area contributed by atoms with Gasteiger partial charge in [0.1, 0.15) is 0 Å². The van der Waals surface area contributed by atoms with Gasteiger partial charge < -0.3 is 10.1 Å². The third-order valence-corrected chi connectivity index (χ3v) is 6.94. The summed E-state index contributed by atoms with van der Waals surface area (Å²) in [5.41, 5.74) is 2.01. The first kappa shape index (κ1) is 23.6. The summed E-state index contributed by atoms with van der Waals surface area (Å²) in [7, 11) is -1.20. The molecule has 30 heavy (non-hydrogen) atoms. The van der Waals surface area contributed by atoms with E-state index in [1.54, 1.807) is 6.20 Å². The molecular weight excluding hydrogens is 569 g/mol. The Morgan fingerprint density at radius 1 is 0.800 bits per heavy atom. The molecule has 0 unspecified atom stereocenters. The predicted octanol–water partition coefficient (Wildman–Crippen LogP) is 4.48. The molecule has 3 aromatic carbocycles. The van der Waals surface area contributed by atoms with Crippen molar-refractivity contribution in [2.45, 2.75) is 0 Å². The Hall–Kier alpha value is -2.64. The summed E-state index contributed by atoms with van der Waals surface area (Å²) in [4.78, 5) is 15.2. The van der Waals surface area contributed by atoms with Crippen LogP contribution in [0.15, 0.2) is 109 Å². The molecular formula is C25H22IrNO2P. The number of carbonyl (C=O) groups is 1. The van der Waals surface area contributed by atoms with Gasteiger partial charge in [-0.05, 0) is 36.0 Å². The first-order valence-corrected chi connectivity index (χ1v) is 11.0. The van der Waals surface area contributed by atoms with Crippen molar-refractivity contribution < 1.29 is 30.0 Å². The molecule has 0 saturated carbocycles. The van der Waals surface area contributed by atoms with Crippen LogP contribution in [0.3, 0.4) is 0 Å². The molecule has 1 N–H and O–H groups in total. The predicted molar refractivity (Wildman–Crippen MR) is 121 cm³/mol. The van der Waals surface area contributed by atoms with Crippen molar-refractivity contribution in [3.05, 3.63) is 115 Å². The molecule has 1 aromatic heterocycles. The van der Waals surface area contributed by atoms with Crippen molar-refractivity contribution in [3.63, 3.8) is 0 Å². The minimum Gasteiger partial charge on any atom is -0.479 e. The fourth-order valence-electron chi connectivity index (χ4n) is 2.88. The minimum atomic E-state index is -1.20. The number of benzene rings is 3. The van der Waals surface area contributed by atoms with Crippen LogP contribution in [0.25, 0.3) is 11.3 Å². The summed E-state index contributed by atoms with van der Waals surface area (Å²) < 4.78 is 0. The smallest absolute Gasteiger partial charge is 0.342 e. The van der Waals surface area contributed by atoms with E-state index in [4.69, 9.17) is 5.11 Å². The molecule has 1 heterocycles. The summed E-state index contributed by atoms with van der Waals surface area (Å²) in [5, 5.41) is 11.3. The molecule has 0 aliphatic carbocycles. The number of rotatable bonds is 5. The SMILES string of the molecule is O=C(O)C[PH+](c1ccccc1)c1ccccc1.[Ir].[c-]1ccccc1-c1ccccn1. The molecule has 0 bridgehead atoms. The number of nitrogens with zero attached hydrogens (tertiary/aromatic N) is 1. The fourth-order valence-corrected chi connectivity index (χ4v) is 5.11. The molecule has 4 rings (SSSR count). The van der Waals surface area contributed by atoms with E-state index in [9.17, 15) is 4.79 Å². The van der Waals surface area contributed by atoms with Crippen LogP contribution >= 0.6 is 7.92 Å². The van der Waals surface area contributed by atoms with Gasteiger partial charge in [-0.3, -0.25) is 0 Å². The third kappa shape index (κ3) is 7.31. The Kier molecular flexibility index (Phi) is 10.1. The zero-order valence-corrected chi connectivity index (χ0v) is 19.6. The maximum absolute atomic E-state index is 11.0. The van der Waals surface area contributed by atoms with E-state index in [1.807, 2.05) is 103 Å². The summed E-state index contributed by atoms with van der Waals surface area (Å²) in [6.07, 6.45) is 2.01. The zero-order chi connectivity index (χ0) is 20.3. The number of aliphatic carboxylic acids is 1. The number of carboxylic acid groups (broad SMARTS) is 1. The molecule has 0 fully saturated rings. The Labute approximate surface area is 191 Å². The molecule has 4 aromatic rings. The van der Waals surface area contributed by atoms with Crippen molar-refractivity contribution >= 4 is 24.5 Å². The van der Waals surface area contributed by atoms with Gasteiger partial charge in [0.25, 0.3) is 0 Å². The Balaban J connectivity index is 0.000000218. The largest absolute Gasteiger partial charge is 0.479 e. The van der Waals surface area contributed by atoms with Gasteiger partial charge in [-0.15, -0.1) is 35.9 Å². The van der Waals surface area contributed by atoms with Crippen LogP contribution in [0.5, 0.6) is 0 Å². The van der Waals surface area contributed by atoms with Gasteiger partial charge in [-0.2, -0.15) is 0 Å². The Morgan fingerprint density at radius 2 is 1.37 bits per heavy atom. The second-order valence-corrected chi connectivity index (χ2v) is 8.74. The number of carboxylic acids is 1. The number of pyridine rings is 1. The topological polar surface area (TPSA) is 50.2 Å². The van der Waals surface area contributed by atoms with E-state index in [1.165, 1.54) is 0 Å². The maximum atomic E-state index is 11.0. The normalized spacial score (nSPS) is 9.77. The standard InChI is InChI=1S/C14H13O2P.C11H8N.Ir/c15-14(16)11-17(12-7-3-1-4-8-12)13-9-5-2-6-10-13;1-2-6-10(7-3-1)11-8-4-5-9-12-11;/h1-10H,11H2,(H,15,16);1-6,8-9H;/q;-1;/p+1. The molecule has 3 nitrogen and oxygen atoms in total. The third-order valence-electron chi connectivity index (χ3n) is 4.22. The summed E-state index contributed by atoms with van der Waals surface area (Å²) >= 11 is 0. The van der Waals surface area contributed by atoms with Gasteiger partial charge in [0.05, 0.1) is 18.5 Å². The molecule has 0 spiro atoms. The first-order chi connectivity index (χ1) is 14.2. The van der Waals surface area contributed by atoms with Gasteiger partial charge in [0.15, 0.2) is 6.16 Å². The van der Waals surface area contributed by atoms with E-state index < -0.39 is 13.9 Å².